The second kappa shape index (κ2) is 7.75. The van der Waals surface area contributed by atoms with E-state index in [1.54, 1.807) is 0 Å². The van der Waals surface area contributed by atoms with Crippen LogP contribution in [0.4, 0.5) is 0 Å². The summed E-state index contributed by atoms with van der Waals surface area (Å²) in [7, 11) is 1.33. The second-order valence-corrected chi connectivity index (χ2v) is 5.03. The van der Waals surface area contributed by atoms with E-state index in [1.807, 2.05) is 0 Å². The number of rotatable bonds is 7. The van der Waals surface area contributed by atoms with E-state index >= 15 is 0 Å². The number of aliphatic imine (C=N–C) groups is 1. The molecule has 1 aliphatic rings. The molecule has 128 valence electrons. The molecule has 1 atom stereocenters. The largest absolute Gasteiger partial charge is 0.493 e. The lowest BCUT2D eigenvalue weighted by Gasteiger charge is -2.33. The molecule has 0 heterocycles. The molecular weight excluding hydrogens is 308 g/mol. The van der Waals surface area contributed by atoms with Crippen LogP contribution >= 0.6 is 0 Å². The van der Waals surface area contributed by atoms with Gasteiger partial charge in [0.05, 0.1) is 30.7 Å². The molecule has 5 N–H and O–H groups in total. The fraction of sp³-hybridized carbons (Fsp3) is 0.500. The number of allylic oxidation sites excluding steroid dienone is 2. The molecule has 0 aromatic carbocycles. The van der Waals surface area contributed by atoms with Gasteiger partial charge in [0.15, 0.2) is 5.76 Å². The number of carboxylic acid groups (broad SMARTS) is 2. The van der Waals surface area contributed by atoms with Crippen LogP contribution in [0.5, 0.6) is 0 Å². The Morgan fingerprint density at radius 1 is 1.39 bits per heavy atom. The number of aliphatic carboxylic acids is 2. The molecule has 1 aliphatic carbocycles. The average Bonchev–Trinajstić information content (AvgIpc) is 2.49. The Labute approximate surface area is 132 Å². The lowest BCUT2D eigenvalue weighted by molar-refractivity contribution is -0.136. The van der Waals surface area contributed by atoms with Crippen LogP contribution in [0.1, 0.15) is 19.8 Å². The van der Waals surface area contributed by atoms with Gasteiger partial charge in [-0.1, -0.05) is 6.08 Å². The average molecular weight is 328 g/mol. The molecule has 23 heavy (non-hydrogen) atoms. The van der Waals surface area contributed by atoms with Crippen molar-refractivity contribution in [2.45, 2.75) is 25.4 Å². The first-order valence-electron chi connectivity index (χ1n) is 6.80. The molecule has 9 heteroatoms. The molecule has 0 aromatic rings. The predicted octanol–water partition coefficient (Wildman–Crippen LogP) is -0.535. The van der Waals surface area contributed by atoms with Gasteiger partial charge < -0.3 is 30.5 Å². The van der Waals surface area contributed by atoms with Gasteiger partial charge in [-0.3, -0.25) is 4.79 Å². The van der Waals surface area contributed by atoms with Crippen molar-refractivity contribution in [3.8, 4) is 0 Å². The van der Waals surface area contributed by atoms with Crippen LogP contribution in [0.15, 0.2) is 28.2 Å². The van der Waals surface area contributed by atoms with Gasteiger partial charge in [0.1, 0.15) is 12.2 Å². The van der Waals surface area contributed by atoms with E-state index in [4.69, 9.17) is 14.9 Å². The number of hydrogen-bond acceptors (Lipinski definition) is 7. The van der Waals surface area contributed by atoms with Crippen molar-refractivity contribution in [3.63, 3.8) is 0 Å². The van der Waals surface area contributed by atoms with Crippen molar-refractivity contribution in [3.05, 3.63) is 23.2 Å². The van der Waals surface area contributed by atoms with Crippen LogP contribution in [0.25, 0.3) is 0 Å². The summed E-state index contributed by atoms with van der Waals surface area (Å²) in [5.74, 6) is -2.22. The van der Waals surface area contributed by atoms with E-state index in [0.29, 0.717) is 0 Å². The third-order valence-corrected chi connectivity index (χ3v) is 3.24. The Morgan fingerprint density at radius 2 is 2.04 bits per heavy atom. The molecule has 0 unspecified atom stereocenters. The molecule has 0 fully saturated rings. The highest BCUT2D eigenvalue weighted by molar-refractivity contribution is 6.03. The van der Waals surface area contributed by atoms with Crippen molar-refractivity contribution < 1.29 is 34.8 Å². The molecule has 1 rings (SSSR count). The first kappa shape index (κ1) is 18.7. The minimum absolute atomic E-state index is 0.0722. The summed E-state index contributed by atoms with van der Waals surface area (Å²) in [6.45, 7) is 0.472. The third kappa shape index (κ3) is 4.80. The maximum Gasteiger partial charge on any atom is 0.354 e. The molecule has 0 aliphatic heterocycles. The Hall–Kier alpha value is -2.39. The number of hydrogen-bond donors (Lipinski definition) is 5. The lowest BCUT2D eigenvalue weighted by Crippen LogP contribution is -2.44. The zero-order valence-corrected chi connectivity index (χ0v) is 12.9. The van der Waals surface area contributed by atoms with Crippen LogP contribution in [-0.2, 0) is 14.3 Å². The third-order valence-electron chi connectivity index (χ3n) is 3.24. The summed E-state index contributed by atoms with van der Waals surface area (Å²) in [5.41, 5.74) is -1.50. The van der Waals surface area contributed by atoms with Gasteiger partial charge in [0.2, 0.25) is 0 Å². The Balaban J connectivity index is 3.33. The van der Waals surface area contributed by atoms with Crippen molar-refractivity contribution in [2.75, 3.05) is 20.3 Å². The predicted molar refractivity (Wildman–Crippen MR) is 79.8 cm³/mol. The number of carboxylic acids is 2. The molecular formula is C14H20N2O7. The molecule has 0 bridgehead atoms. The van der Waals surface area contributed by atoms with Crippen LogP contribution in [0.3, 0.4) is 0 Å². The SMILES string of the molecule is C/C=C(\N=C1/C[C@](O)(CO)CC(NCC(=O)O)=C1OC)C(=O)O. The van der Waals surface area contributed by atoms with E-state index < -0.39 is 30.7 Å². The fourth-order valence-electron chi connectivity index (χ4n) is 2.19. The maximum atomic E-state index is 11.1. The van der Waals surface area contributed by atoms with Gasteiger partial charge in [0, 0.05) is 12.8 Å². The minimum atomic E-state index is -1.58. The molecule has 9 nitrogen and oxygen atoms in total. The highest BCUT2D eigenvalue weighted by Gasteiger charge is 2.38. The maximum absolute atomic E-state index is 11.1. The van der Waals surface area contributed by atoms with Crippen molar-refractivity contribution in [1.29, 1.82) is 0 Å². The van der Waals surface area contributed by atoms with E-state index in [2.05, 4.69) is 10.3 Å². The van der Waals surface area contributed by atoms with Gasteiger partial charge in [-0.05, 0) is 6.92 Å². The number of ether oxygens (including phenoxy) is 1. The van der Waals surface area contributed by atoms with Gasteiger partial charge >= 0.3 is 11.9 Å². The summed E-state index contributed by atoms with van der Waals surface area (Å²) in [6.07, 6.45) is 1.08. The van der Waals surface area contributed by atoms with Crippen LogP contribution < -0.4 is 5.32 Å². The number of aliphatic hydroxyl groups is 2. The van der Waals surface area contributed by atoms with Gasteiger partial charge in [-0.25, -0.2) is 9.79 Å². The number of methoxy groups -OCH3 is 1. The summed E-state index contributed by atoms with van der Waals surface area (Å²) < 4.78 is 5.19. The monoisotopic (exact) mass is 328 g/mol. The second-order valence-electron chi connectivity index (χ2n) is 5.03. The van der Waals surface area contributed by atoms with E-state index in [-0.39, 0.29) is 35.7 Å². The Bertz CT molecular complexity index is 580. The first-order valence-corrected chi connectivity index (χ1v) is 6.80. The summed E-state index contributed by atoms with van der Waals surface area (Å²) in [4.78, 5) is 25.8. The van der Waals surface area contributed by atoms with E-state index in [0.717, 1.165) is 0 Å². The number of nitrogens with zero attached hydrogens (tertiary/aromatic N) is 1. The Kier molecular flexibility index (Phi) is 6.28. The minimum Gasteiger partial charge on any atom is -0.493 e. The zero-order chi connectivity index (χ0) is 17.6. The molecule has 0 saturated heterocycles. The number of aliphatic hydroxyl groups excluding tert-OH is 1. The Morgan fingerprint density at radius 3 is 2.48 bits per heavy atom. The first-order chi connectivity index (χ1) is 10.8. The number of nitrogens with one attached hydrogen (secondary N) is 1. The van der Waals surface area contributed by atoms with Crippen molar-refractivity contribution in [1.82, 2.24) is 5.32 Å². The molecule has 0 radical (unpaired) electrons. The summed E-state index contributed by atoms with van der Waals surface area (Å²) in [5, 5.41) is 40.1. The quantitative estimate of drug-likeness (QED) is 0.391. The van der Waals surface area contributed by atoms with Gasteiger partial charge in [-0.2, -0.15) is 0 Å². The van der Waals surface area contributed by atoms with Crippen LogP contribution in [-0.4, -0.2) is 63.9 Å². The summed E-state index contributed by atoms with van der Waals surface area (Å²) >= 11 is 0. The highest BCUT2D eigenvalue weighted by Crippen LogP contribution is 2.30. The summed E-state index contributed by atoms with van der Waals surface area (Å²) in [6, 6.07) is 0. The fourth-order valence-corrected chi connectivity index (χ4v) is 2.19. The molecule has 0 aromatic heterocycles. The zero-order valence-electron chi connectivity index (χ0n) is 12.9. The normalized spacial score (nSPS) is 23.8. The lowest BCUT2D eigenvalue weighted by atomic mass is 9.85. The van der Waals surface area contributed by atoms with E-state index in [1.165, 1.54) is 20.1 Å². The topological polar surface area (TPSA) is 149 Å². The standard InChI is InChI=1S/C14H20N2O7/c1-3-8(13(20)21)16-10-5-14(22,7-17)4-9(12(10)23-2)15-6-11(18)19/h3,15,17,22H,4-7H2,1-2H3,(H,18,19)(H,20,21)/b8-3-,16-10+/t14-/m0/s1. The number of carbonyl (C=O) groups is 2. The molecule has 0 amide bonds. The van der Waals surface area contributed by atoms with Crippen LogP contribution in [0.2, 0.25) is 0 Å². The van der Waals surface area contributed by atoms with E-state index in [9.17, 15) is 19.8 Å². The molecule has 0 spiro atoms. The van der Waals surface area contributed by atoms with Crippen molar-refractivity contribution in [2.24, 2.45) is 4.99 Å². The van der Waals surface area contributed by atoms with Crippen molar-refractivity contribution >= 4 is 17.7 Å². The highest BCUT2D eigenvalue weighted by atomic mass is 16.5. The molecule has 0 saturated carbocycles. The smallest absolute Gasteiger partial charge is 0.354 e. The van der Waals surface area contributed by atoms with Gasteiger partial charge in [0.25, 0.3) is 0 Å². The van der Waals surface area contributed by atoms with Crippen LogP contribution in [0, 0.1) is 0 Å². The van der Waals surface area contributed by atoms with Gasteiger partial charge in [-0.15, -0.1) is 0 Å².